The number of unbranched alkanes of at least 4 members (excludes halogenated alkanes) is 6. The van der Waals surface area contributed by atoms with Gasteiger partial charge in [0.15, 0.2) is 5.79 Å². The van der Waals surface area contributed by atoms with Gasteiger partial charge in [0.05, 0.1) is 6.61 Å². The van der Waals surface area contributed by atoms with Gasteiger partial charge in [0.1, 0.15) is 0 Å². The number of ether oxygens (including phenoxy) is 2. The predicted molar refractivity (Wildman–Crippen MR) is 94.0 cm³/mol. The molecule has 0 fully saturated rings. The zero-order chi connectivity index (χ0) is 16.1. The molecule has 0 saturated heterocycles. The maximum Gasteiger partial charge on any atom is 0.194 e. The van der Waals surface area contributed by atoms with Gasteiger partial charge in [-0.2, -0.15) is 0 Å². The molecule has 0 saturated carbocycles. The zero-order valence-electron chi connectivity index (χ0n) is 14.8. The minimum Gasteiger partial charge on any atom is -0.349 e. The van der Waals surface area contributed by atoms with Crippen molar-refractivity contribution in [1.82, 2.24) is 0 Å². The molecule has 0 spiro atoms. The lowest BCUT2D eigenvalue weighted by Crippen LogP contribution is -2.32. The van der Waals surface area contributed by atoms with Crippen molar-refractivity contribution >= 4 is 0 Å². The molecule has 0 heterocycles. The fourth-order valence-corrected chi connectivity index (χ4v) is 2.85. The second-order valence-corrected chi connectivity index (χ2v) is 6.04. The first-order valence-electron chi connectivity index (χ1n) is 9.03. The second-order valence-electron chi connectivity index (χ2n) is 6.04. The Morgan fingerprint density at radius 1 is 0.818 bits per heavy atom. The minimum atomic E-state index is -0.569. The van der Waals surface area contributed by atoms with Crippen molar-refractivity contribution in [3.63, 3.8) is 0 Å². The SMILES string of the molecule is CCCCCCCCCC(OC)(OCCC)c1ccccc1. The summed E-state index contributed by atoms with van der Waals surface area (Å²) in [5.41, 5.74) is 1.14. The predicted octanol–water partition coefficient (Wildman–Crippen LogP) is 6.05. The van der Waals surface area contributed by atoms with Crippen molar-refractivity contribution in [2.24, 2.45) is 0 Å². The molecule has 1 aromatic rings. The number of methoxy groups -OCH3 is 1. The van der Waals surface area contributed by atoms with E-state index in [0.29, 0.717) is 0 Å². The van der Waals surface area contributed by atoms with Gasteiger partial charge in [-0.1, -0.05) is 82.7 Å². The van der Waals surface area contributed by atoms with Crippen LogP contribution in [0.5, 0.6) is 0 Å². The van der Waals surface area contributed by atoms with Gasteiger partial charge < -0.3 is 9.47 Å². The maximum atomic E-state index is 6.14. The Kier molecular flexibility index (Phi) is 10.2. The third kappa shape index (κ3) is 6.50. The van der Waals surface area contributed by atoms with Gasteiger partial charge in [-0.05, 0) is 12.8 Å². The Morgan fingerprint density at radius 2 is 1.45 bits per heavy atom. The first-order chi connectivity index (χ1) is 10.8. The van der Waals surface area contributed by atoms with Crippen molar-refractivity contribution in [1.29, 1.82) is 0 Å². The zero-order valence-corrected chi connectivity index (χ0v) is 14.8. The molecule has 0 radical (unpaired) electrons. The van der Waals surface area contributed by atoms with Crippen LogP contribution in [0.3, 0.4) is 0 Å². The van der Waals surface area contributed by atoms with Gasteiger partial charge in [-0.3, -0.25) is 0 Å². The molecule has 0 aliphatic carbocycles. The molecular weight excluding hydrogens is 272 g/mol. The molecule has 0 bridgehead atoms. The number of hydrogen-bond donors (Lipinski definition) is 0. The monoisotopic (exact) mass is 306 g/mol. The average molecular weight is 306 g/mol. The molecule has 0 aliphatic heterocycles. The standard InChI is InChI=1S/C20H34O2/c1-4-6-7-8-9-10-14-17-20(21-3,22-18-5-2)19-15-12-11-13-16-19/h11-13,15-16H,4-10,14,17-18H2,1-3H3. The average Bonchev–Trinajstić information content (AvgIpc) is 2.58. The smallest absolute Gasteiger partial charge is 0.194 e. The highest BCUT2D eigenvalue weighted by atomic mass is 16.7. The Bertz CT molecular complexity index is 363. The largest absolute Gasteiger partial charge is 0.349 e. The van der Waals surface area contributed by atoms with E-state index in [9.17, 15) is 0 Å². The fraction of sp³-hybridized carbons (Fsp3) is 0.700. The Morgan fingerprint density at radius 3 is 2.05 bits per heavy atom. The summed E-state index contributed by atoms with van der Waals surface area (Å²) in [6.45, 7) is 5.14. The van der Waals surface area contributed by atoms with E-state index < -0.39 is 5.79 Å². The molecule has 0 amide bonds. The van der Waals surface area contributed by atoms with Crippen LogP contribution in [0.1, 0.15) is 77.2 Å². The van der Waals surface area contributed by atoms with E-state index in [1.165, 1.54) is 38.5 Å². The Hall–Kier alpha value is -0.860. The van der Waals surface area contributed by atoms with Crippen molar-refractivity contribution < 1.29 is 9.47 Å². The molecule has 1 unspecified atom stereocenters. The van der Waals surface area contributed by atoms with Gasteiger partial charge in [0, 0.05) is 19.1 Å². The number of benzene rings is 1. The van der Waals surface area contributed by atoms with Crippen LogP contribution >= 0.6 is 0 Å². The minimum absolute atomic E-state index is 0.569. The molecule has 2 nitrogen and oxygen atoms in total. The quantitative estimate of drug-likeness (QED) is 0.326. The van der Waals surface area contributed by atoms with Crippen LogP contribution < -0.4 is 0 Å². The summed E-state index contributed by atoms with van der Waals surface area (Å²) < 4.78 is 12.0. The van der Waals surface area contributed by atoms with Gasteiger partial charge in [0.25, 0.3) is 0 Å². The fourth-order valence-electron chi connectivity index (χ4n) is 2.85. The van der Waals surface area contributed by atoms with E-state index in [-0.39, 0.29) is 0 Å². The van der Waals surface area contributed by atoms with Crippen LogP contribution in [-0.2, 0) is 15.3 Å². The van der Waals surface area contributed by atoms with Crippen molar-refractivity contribution in [3.8, 4) is 0 Å². The highest BCUT2D eigenvalue weighted by Gasteiger charge is 2.32. The summed E-state index contributed by atoms with van der Waals surface area (Å²) in [5, 5.41) is 0. The third-order valence-corrected chi connectivity index (χ3v) is 4.19. The summed E-state index contributed by atoms with van der Waals surface area (Å²) in [6, 6.07) is 10.4. The van der Waals surface area contributed by atoms with E-state index in [0.717, 1.165) is 31.4 Å². The Balaban J connectivity index is 2.51. The van der Waals surface area contributed by atoms with Crippen molar-refractivity contribution in [2.75, 3.05) is 13.7 Å². The summed E-state index contributed by atoms with van der Waals surface area (Å²) in [5.74, 6) is -0.569. The second kappa shape index (κ2) is 11.7. The van der Waals surface area contributed by atoms with Crippen LogP contribution in [0.25, 0.3) is 0 Å². The molecule has 1 atom stereocenters. The molecule has 1 aromatic carbocycles. The Labute approximate surface area is 137 Å². The molecule has 2 heteroatoms. The van der Waals surface area contributed by atoms with Gasteiger partial charge >= 0.3 is 0 Å². The van der Waals surface area contributed by atoms with Gasteiger partial charge in [-0.15, -0.1) is 0 Å². The summed E-state index contributed by atoms with van der Waals surface area (Å²) in [7, 11) is 1.77. The number of hydrogen-bond acceptors (Lipinski definition) is 2. The first kappa shape index (κ1) is 19.2. The molecule has 126 valence electrons. The first-order valence-corrected chi connectivity index (χ1v) is 9.03. The normalized spacial score (nSPS) is 14.0. The molecule has 0 aromatic heterocycles. The lowest BCUT2D eigenvalue weighted by atomic mass is 9.98. The van der Waals surface area contributed by atoms with Crippen LogP contribution in [0.15, 0.2) is 30.3 Å². The van der Waals surface area contributed by atoms with Crippen LogP contribution in [0, 0.1) is 0 Å². The molecule has 0 aliphatic rings. The summed E-state index contributed by atoms with van der Waals surface area (Å²) >= 11 is 0. The summed E-state index contributed by atoms with van der Waals surface area (Å²) in [4.78, 5) is 0. The van der Waals surface area contributed by atoms with Gasteiger partial charge in [-0.25, -0.2) is 0 Å². The summed E-state index contributed by atoms with van der Waals surface area (Å²) in [6.07, 6.45) is 11.1. The van der Waals surface area contributed by atoms with Crippen molar-refractivity contribution in [2.45, 2.75) is 77.4 Å². The van der Waals surface area contributed by atoms with E-state index in [1.807, 2.05) is 6.07 Å². The number of rotatable bonds is 13. The lowest BCUT2D eigenvalue weighted by Gasteiger charge is -2.33. The van der Waals surface area contributed by atoms with Crippen LogP contribution in [0.2, 0.25) is 0 Å². The molecule has 1 rings (SSSR count). The lowest BCUT2D eigenvalue weighted by molar-refractivity contribution is -0.237. The molecule has 0 N–H and O–H groups in total. The highest BCUT2D eigenvalue weighted by molar-refractivity contribution is 5.20. The van der Waals surface area contributed by atoms with Crippen molar-refractivity contribution in [3.05, 3.63) is 35.9 Å². The van der Waals surface area contributed by atoms with E-state index in [2.05, 4.69) is 38.1 Å². The molecule has 22 heavy (non-hydrogen) atoms. The highest BCUT2D eigenvalue weighted by Crippen LogP contribution is 2.33. The van der Waals surface area contributed by atoms with Crippen LogP contribution in [-0.4, -0.2) is 13.7 Å². The third-order valence-electron chi connectivity index (χ3n) is 4.19. The van der Waals surface area contributed by atoms with Gasteiger partial charge in [0.2, 0.25) is 0 Å². The van der Waals surface area contributed by atoms with Crippen LogP contribution in [0.4, 0.5) is 0 Å². The van der Waals surface area contributed by atoms with E-state index in [4.69, 9.17) is 9.47 Å². The topological polar surface area (TPSA) is 18.5 Å². The maximum absolute atomic E-state index is 6.14. The van der Waals surface area contributed by atoms with E-state index >= 15 is 0 Å². The molecular formula is C20H34O2. The van der Waals surface area contributed by atoms with E-state index in [1.54, 1.807) is 7.11 Å².